The van der Waals surface area contributed by atoms with Gasteiger partial charge in [-0.25, -0.2) is 0 Å². The van der Waals surface area contributed by atoms with Crippen LogP contribution in [0.5, 0.6) is 5.75 Å². The molecule has 0 aliphatic carbocycles. The van der Waals surface area contributed by atoms with Gasteiger partial charge in [0.15, 0.2) is 0 Å². The Labute approximate surface area is 117 Å². The number of benzene rings is 2. The number of hydrogen-bond acceptors (Lipinski definition) is 4. The van der Waals surface area contributed by atoms with Gasteiger partial charge in [0.05, 0.1) is 11.0 Å². The van der Waals surface area contributed by atoms with Crippen LogP contribution < -0.4 is 5.32 Å². The molecule has 0 aromatic heterocycles. The fourth-order valence-corrected chi connectivity index (χ4v) is 2.07. The summed E-state index contributed by atoms with van der Waals surface area (Å²) in [6.07, 6.45) is 0.775. The molecule has 20 heavy (non-hydrogen) atoms. The number of nitro groups is 1. The first-order chi connectivity index (χ1) is 9.60. The first-order valence-corrected chi connectivity index (χ1v) is 6.40. The Balaban J connectivity index is 2.24. The second kappa shape index (κ2) is 6.06. The van der Waals surface area contributed by atoms with Crippen molar-refractivity contribution in [3.63, 3.8) is 0 Å². The molecule has 0 aliphatic rings. The third-order valence-electron chi connectivity index (χ3n) is 3.08. The van der Waals surface area contributed by atoms with Crippen LogP contribution in [-0.4, -0.2) is 10.0 Å². The topological polar surface area (TPSA) is 75.4 Å². The number of anilines is 1. The minimum atomic E-state index is -0.398. The molecule has 2 N–H and O–H groups in total. The Bertz CT molecular complexity index is 614. The summed E-state index contributed by atoms with van der Waals surface area (Å²) in [6, 6.07) is 13.4. The maximum atomic E-state index is 10.8. The standard InChI is InChI=1S/C15H16N2O3/c1-2-15(16-12-6-4-8-14(18)10-12)11-5-3-7-13(9-11)17(19)20/h3-10,15-16,18H,2H2,1H3. The lowest BCUT2D eigenvalue weighted by Gasteiger charge is -2.18. The summed E-state index contributed by atoms with van der Waals surface area (Å²) in [5.41, 5.74) is 1.71. The van der Waals surface area contributed by atoms with Gasteiger partial charge in [0, 0.05) is 23.9 Å². The number of nitrogens with zero attached hydrogens (tertiary/aromatic N) is 1. The van der Waals surface area contributed by atoms with E-state index in [0.717, 1.165) is 17.7 Å². The molecule has 104 valence electrons. The predicted octanol–water partition coefficient (Wildman–Crippen LogP) is 3.86. The number of hydrogen-bond donors (Lipinski definition) is 2. The van der Waals surface area contributed by atoms with Crippen molar-refractivity contribution in [2.45, 2.75) is 19.4 Å². The molecule has 0 fully saturated rings. The Hall–Kier alpha value is -2.56. The quantitative estimate of drug-likeness (QED) is 0.640. The van der Waals surface area contributed by atoms with E-state index in [1.165, 1.54) is 6.07 Å². The van der Waals surface area contributed by atoms with Crippen molar-refractivity contribution >= 4 is 11.4 Å². The van der Waals surface area contributed by atoms with E-state index in [-0.39, 0.29) is 17.5 Å². The fraction of sp³-hybridized carbons (Fsp3) is 0.200. The first kappa shape index (κ1) is 13.9. The molecule has 0 radical (unpaired) electrons. The van der Waals surface area contributed by atoms with Crippen molar-refractivity contribution in [3.05, 3.63) is 64.2 Å². The predicted molar refractivity (Wildman–Crippen MR) is 77.9 cm³/mol. The molecule has 5 heteroatoms. The molecule has 0 saturated carbocycles. The molecule has 0 heterocycles. The van der Waals surface area contributed by atoms with Crippen LogP contribution in [-0.2, 0) is 0 Å². The van der Waals surface area contributed by atoms with Crippen molar-refractivity contribution in [1.29, 1.82) is 0 Å². The van der Waals surface area contributed by atoms with Gasteiger partial charge in [0.1, 0.15) is 5.75 Å². The molecular weight excluding hydrogens is 256 g/mol. The van der Waals surface area contributed by atoms with E-state index in [2.05, 4.69) is 5.32 Å². The zero-order valence-corrected chi connectivity index (χ0v) is 11.1. The van der Waals surface area contributed by atoms with Gasteiger partial charge in [-0.3, -0.25) is 10.1 Å². The summed E-state index contributed by atoms with van der Waals surface area (Å²) in [4.78, 5) is 10.4. The van der Waals surface area contributed by atoms with E-state index in [1.807, 2.05) is 19.1 Å². The van der Waals surface area contributed by atoms with Gasteiger partial charge in [-0.1, -0.05) is 25.1 Å². The normalized spacial score (nSPS) is 11.8. The Kier molecular flexibility index (Phi) is 4.20. The van der Waals surface area contributed by atoms with Gasteiger partial charge in [-0.15, -0.1) is 0 Å². The highest BCUT2D eigenvalue weighted by molar-refractivity contribution is 5.50. The van der Waals surface area contributed by atoms with Crippen LogP contribution >= 0.6 is 0 Å². The molecule has 5 nitrogen and oxygen atoms in total. The van der Waals surface area contributed by atoms with E-state index < -0.39 is 4.92 Å². The van der Waals surface area contributed by atoms with Gasteiger partial charge < -0.3 is 10.4 Å². The lowest BCUT2D eigenvalue weighted by Crippen LogP contribution is -2.09. The highest BCUT2D eigenvalue weighted by Crippen LogP contribution is 2.26. The van der Waals surface area contributed by atoms with Crippen molar-refractivity contribution in [3.8, 4) is 5.75 Å². The molecule has 1 unspecified atom stereocenters. The van der Waals surface area contributed by atoms with Crippen molar-refractivity contribution in [1.82, 2.24) is 0 Å². The highest BCUT2D eigenvalue weighted by Gasteiger charge is 2.13. The third-order valence-corrected chi connectivity index (χ3v) is 3.08. The maximum Gasteiger partial charge on any atom is 0.269 e. The van der Waals surface area contributed by atoms with E-state index in [4.69, 9.17) is 0 Å². The van der Waals surface area contributed by atoms with Crippen LogP contribution in [0.1, 0.15) is 24.9 Å². The summed E-state index contributed by atoms with van der Waals surface area (Å²) in [7, 11) is 0. The first-order valence-electron chi connectivity index (χ1n) is 6.40. The van der Waals surface area contributed by atoms with Crippen LogP contribution in [0.2, 0.25) is 0 Å². The maximum absolute atomic E-state index is 10.8. The van der Waals surface area contributed by atoms with Crippen molar-refractivity contribution in [2.75, 3.05) is 5.32 Å². The van der Waals surface area contributed by atoms with Gasteiger partial charge in [-0.05, 0) is 24.1 Å². The zero-order valence-electron chi connectivity index (χ0n) is 11.1. The lowest BCUT2D eigenvalue weighted by molar-refractivity contribution is -0.384. The number of phenolic OH excluding ortho intramolecular Hbond substituents is 1. The van der Waals surface area contributed by atoms with E-state index in [9.17, 15) is 15.2 Å². The monoisotopic (exact) mass is 272 g/mol. The molecule has 0 amide bonds. The summed E-state index contributed by atoms with van der Waals surface area (Å²) < 4.78 is 0. The van der Waals surface area contributed by atoms with E-state index in [0.29, 0.717) is 0 Å². The molecule has 0 saturated heterocycles. The molecule has 0 bridgehead atoms. The van der Waals surface area contributed by atoms with Gasteiger partial charge >= 0.3 is 0 Å². The average molecular weight is 272 g/mol. The summed E-state index contributed by atoms with van der Waals surface area (Å²) in [5.74, 6) is 0.184. The summed E-state index contributed by atoms with van der Waals surface area (Å²) in [6.45, 7) is 2.00. The number of aromatic hydroxyl groups is 1. The largest absolute Gasteiger partial charge is 0.508 e. The van der Waals surface area contributed by atoms with Crippen LogP contribution in [0.15, 0.2) is 48.5 Å². The second-order valence-corrected chi connectivity index (χ2v) is 4.51. The number of non-ortho nitro benzene ring substituents is 1. The molecule has 2 aromatic rings. The van der Waals surface area contributed by atoms with Gasteiger partial charge in [-0.2, -0.15) is 0 Å². The molecule has 0 aliphatic heterocycles. The Morgan fingerprint density at radius 2 is 2.00 bits per heavy atom. The number of nitrogens with one attached hydrogen (secondary N) is 1. The van der Waals surface area contributed by atoms with Crippen LogP contribution in [0.25, 0.3) is 0 Å². The van der Waals surface area contributed by atoms with Crippen molar-refractivity contribution < 1.29 is 10.0 Å². The van der Waals surface area contributed by atoms with Crippen LogP contribution in [0, 0.1) is 10.1 Å². The fourth-order valence-electron chi connectivity index (χ4n) is 2.07. The SMILES string of the molecule is CCC(Nc1cccc(O)c1)c1cccc([N+](=O)[O-])c1. The highest BCUT2D eigenvalue weighted by atomic mass is 16.6. The van der Waals surface area contributed by atoms with Crippen molar-refractivity contribution in [2.24, 2.45) is 0 Å². The van der Waals surface area contributed by atoms with Gasteiger partial charge in [0.25, 0.3) is 5.69 Å². The smallest absolute Gasteiger partial charge is 0.269 e. The van der Waals surface area contributed by atoms with Gasteiger partial charge in [0.2, 0.25) is 0 Å². The second-order valence-electron chi connectivity index (χ2n) is 4.51. The zero-order chi connectivity index (χ0) is 14.5. The number of rotatable bonds is 5. The van der Waals surface area contributed by atoms with E-state index in [1.54, 1.807) is 30.3 Å². The Morgan fingerprint density at radius 3 is 2.65 bits per heavy atom. The molecule has 2 aromatic carbocycles. The molecule has 0 spiro atoms. The number of nitro benzene ring substituents is 1. The van der Waals surface area contributed by atoms with E-state index >= 15 is 0 Å². The lowest BCUT2D eigenvalue weighted by atomic mass is 10.0. The van der Waals surface area contributed by atoms with Crippen LogP contribution in [0.3, 0.4) is 0 Å². The molecule has 2 rings (SSSR count). The summed E-state index contributed by atoms with van der Waals surface area (Å²) in [5, 5.41) is 23.5. The minimum absolute atomic E-state index is 0.0447. The molecular formula is C15H16N2O3. The minimum Gasteiger partial charge on any atom is -0.508 e. The Morgan fingerprint density at radius 1 is 1.25 bits per heavy atom. The van der Waals surface area contributed by atoms with Crippen LogP contribution in [0.4, 0.5) is 11.4 Å². The molecule has 1 atom stereocenters. The average Bonchev–Trinajstić information content (AvgIpc) is 2.45. The third kappa shape index (κ3) is 3.26. The summed E-state index contributed by atoms with van der Waals surface area (Å²) >= 11 is 0. The number of phenols is 1.